The number of hydrogen-bond donors (Lipinski definition) is 0. The van der Waals surface area contributed by atoms with Gasteiger partial charge in [0.25, 0.3) is 0 Å². The molecule has 0 unspecified atom stereocenters. The van der Waals surface area contributed by atoms with Crippen LogP contribution in [0.15, 0.2) is 54.6 Å². The smallest absolute Gasteiger partial charge is 0.387 e. The van der Waals surface area contributed by atoms with Gasteiger partial charge in [-0.2, -0.15) is 8.78 Å². The molecule has 0 fully saturated rings. The van der Waals surface area contributed by atoms with E-state index in [1.54, 1.807) is 36.4 Å². The summed E-state index contributed by atoms with van der Waals surface area (Å²) in [5, 5.41) is 0. The molecule has 0 amide bonds. The number of ketones is 1. The summed E-state index contributed by atoms with van der Waals surface area (Å²) in [7, 11) is 0. The third-order valence-corrected chi connectivity index (χ3v) is 2.61. The molecule has 2 nitrogen and oxygen atoms in total. The first kappa shape index (κ1) is 13.2. The van der Waals surface area contributed by atoms with Gasteiger partial charge in [-0.1, -0.05) is 42.5 Å². The molecule has 0 atom stereocenters. The van der Waals surface area contributed by atoms with Crippen LogP contribution in [0.2, 0.25) is 0 Å². The van der Waals surface area contributed by atoms with Crippen LogP contribution < -0.4 is 4.74 Å². The summed E-state index contributed by atoms with van der Waals surface area (Å²) in [4.78, 5) is 11.9. The molecular formula is C15H12F2O2. The summed E-state index contributed by atoms with van der Waals surface area (Å²) < 4.78 is 28.2. The molecule has 0 heterocycles. The van der Waals surface area contributed by atoms with Gasteiger partial charge in [-0.3, -0.25) is 4.79 Å². The van der Waals surface area contributed by atoms with Gasteiger partial charge in [0.2, 0.25) is 0 Å². The molecule has 98 valence electrons. The number of benzene rings is 2. The van der Waals surface area contributed by atoms with Gasteiger partial charge in [-0.25, -0.2) is 0 Å². The molecule has 19 heavy (non-hydrogen) atoms. The van der Waals surface area contributed by atoms with Gasteiger partial charge in [0.15, 0.2) is 5.78 Å². The van der Waals surface area contributed by atoms with E-state index in [2.05, 4.69) is 4.74 Å². The van der Waals surface area contributed by atoms with Gasteiger partial charge in [-0.05, 0) is 17.7 Å². The lowest BCUT2D eigenvalue weighted by Gasteiger charge is -2.05. The Hall–Kier alpha value is -2.23. The van der Waals surface area contributed by atoms with E-state index in [1.807, 2.05) is 6.07 Å². The normalized spacial score (nSPS) is 10.5. The molecule has 2 rings (SSSR count). The van der Waals surface area contributed by atoms with Crippen molar-refractivity contribution in [2.75, 3.05) is 0 Å². The van der Waals surface area contributed by atoms with E-state index < -0.39 is 6.61 Å². The standard InChI is InChI=1S/C15H12F2O2/c16-15(17)19-13-8-6-11(7-9-13)10-14(18)12-4-2-1-3-5-12/h1-9,15H,10H2. The Bertz CT molecular complexity index is 536. The lowest BCUT2D eigenvalue weighted by molar-refractivity contribution is -0.0498. The van der Waals surface area contributed by atoms with E-state index in [-0.39, 0.29) is 18.0 Å². The molecular weight excluding hydrogens is 250 g/mol. The van der Waals surface area contributed by atoms with Gasteiger partial charge < -0.3 is 4.74 Å². The Balaban J connectivity index is 2.02. The van der Waals surface area contributed by atoms with Gasteiger partial charge in [0, 0.05) is 12.0 Å². The fourth-order valence-electron chi connectivity index (χ4n) is 1.70. The highest BCUT2D eigenvalue weighted by molar-refractivity contribution is 5.97. The fraction of sp³-hybridized carbons (Fsp3) is 0.133. The maximum absolute atomic E-state index is 12.0. The highest BCUT2D eigenvalue weighted by Gasteiger charge is 2.07. The van der Waals surface area contributed by atoms with Crippen molar-refractivity contribution in [2.45, 2.75) is 13.0 Å². The molecule has 0 saturated carbocycles. The van der Waals surface area contributed by atoms with E-state index in [4.69, 9.17) is 0 Å². The van der Waals surface area contributed by atoms with Crippen molar-refractivity contribution in [2.24, 2.45) is 0 Å². The average molecular weight is 262 g/mol. The van der Waals surface area contributed by atoms with Crippen molar-refractivity contribution in [3.63, 3.8) is 0 Å². The van der Waals surface area contributed by atoms with Crippen LogP contribution in [0.1, 0.15) is 15.9 Å². The lowest BCUT2D eigenvalue weighted by atomic mass is 10.0. The summed E-state index contributed by atoms with van der Waals surface area (Å²) in [6, 6.07) is 15.0. The minimum absolute atomic E-state index is 0.0110. The maximum Gasteiger partial charge on any atom is 0.387 e. The van der Waals surface area contributed by atoms with E-state index in [9.17, 15) is 13.6 Å². The van der Waals surface area contributed by atoms with Gasteiger partial charge >= 0.3 is 6.61 Å². The summed E-state index contributed by atoms with van der Waals surface area (Å²) in [5.74, 6) is 0.0778. The van der Waals surface area contributed by atoms with Crippen LogP contribution in [0.3, 0.4) is 0 Å². The minimum atomic E-state index is -2.84. The summed E-state index contributed by atoms with van der Waals surface area (Å²) >= 11 is 0. The molecule has 0 bridgehead atoms. The second-order valence-corrected chi connectivity index (χ2v) is 3.99. The van der Waals surface area contributed by atoms with Gasteiger partial charge in [-0.15, -0.1) is 0 Å². The molecule has 0 radical (unpaired) electrons. The number of carbonyl (C=O) groups is 1. The van der Waals surface area contributed by atoms with Gasteiger partial charge in [0.05, 0.1) is 0 Å². The van der Waals surface area contributed by atoms with Crippen molar-refractivity contribution in [1.29, 1.82) is 0 Å². The number of halogens is 2. The molecule has 0 saturated heterocycles. The number of carbonyl (C=O) groups excluding carboxylic acids is 1. The van der Waals surface area contributed by atoms with E-state index in [0.717, 1.165) is 5.56 Å². The fourth-order valence-corrected chi connectivity index (χ4v) is 1.70. The van der Waals surface area contributed by atoms with E-state index >= 15 is 0 Å². The Labute approximate surface area is 109 Å². The SMILES string of the molecule is O=C(Cc1ccc(OC(F)F)cc1)c1ccccc1. The van der Waals surface area contributed by atoms with E-state index in [0.29, 0.717) is 5.56 Å². The highest BCUT2D eigenvalue weighted by atomic mass is 19.3. The summed E-state index contributed by atoms with van der Waals surface area (Å²) in [6.07, 6.45) is 0.235. The lowest BCUT2D eigenvalue weighted by Crippen LogP contribution is -2.04. The number of alkyl halides is 2. The number of hydrogen-bond acceptors (Lipinski definition) is 2. The highest BCUT2D eigenvalue weighted by Crippen LogP contribution is 2.16. The topological polar surface area (TPSA) is 26.3 Å². The Morgan fingerprint density at radius 3 is 2.21 bits per heavy atom. The zero-order chi connectivity index (χ0) is 13.7. The van der Waals surface area contributed by atoms with Crippen LogP contribution in [0.25, 0.3) is 0 Å². The maximum atomic E-state index is 12.0. The summed E-state index contributed by atoms with van der Waals surface area (Å²) in [5.41, 5.74) is 1.39. The number of Topliss-reactive ketones (excluding diaryl/α,β-unsaturated/α-hetero) is 1. The van der Waals surface area contributed by atoms with Crippen molar-refractivity contribution in [3.8, 4) is 5.75 Å². The predicted octanol–water partition coefficient (Wildman–Crippen LogP) is 3.71. The first-order chi connectivity index (χ1) is 9.15. The molecule has 0 N–H and O–H groups in total. The predicted molar refractivity (Wildman–Crippen MR) is 67.6 cm³/mol. The van der Waals surface area contributed by atoms with Crippen molar-refractivity contribution in [3.05, 3.63) is 65.7 Å². The van der Waals surface area contributed by atoms with Crippen LogP contribution in [0, 0.1) is 0 Å². The first-order valence-electron chi connectivity index (χ1n) is 5.77. The molecule has 0 aromatic heterocycles. The quantitative estimate of drug-likeness (QED) is 0.768. The molecule has 2 aromatic rings. The van der Waals surface area contributed by atoms with Crippen molar-refractivity contribution < 1.29 is 18.3 Å². The average Bonchev–Trinajstić information content (AvgIpc) is 2.41. The molecule has 0 spiro atoms. The van der Waals surface area contributed by atoms with Gasteiger partial charge in [0.1, 0.15) is 5.75 Å². The van der Waals surface area contributed by atoms with Crippen molar-refractivity contribution in [1.82, 2.24) is 0 Å². The minimum Gasteiger partial charge on any atom is -0.435 e. The Kier molecular flexibility index (Phi) is 4.23. The van der Waals surface area contributed by atoms with Crippen LogP contribution in [0.5, 0.6) is 5.75 Å². The van der Waals surface area contributed by atoms with Crippen LogP contribution in [0.4, 0.5) is 8.78 Å². The molecule has 4 heteroatoms. The van der Waals surface area contributed by atoms with Crippen LogP contribution in [-0.2, 0) is 6.42 Å². The summed E-state index contributed by atoms with van der Waals surface area (Å²) in [6.45, 7) is -2.84. The Morgan fingerprint density at radius 2 is 1.63 bits per heavy atom. The molecule has 0 aliphatic carbocycles. The number of rotatable bonds is 5. The third kappa shape index (κ3) is 3.88. The second kappa shape index (κ2) is 6.09. The van der Waals surface area contributed by atoms with E-state index in [1.165, 1.54) is 12.1 Å². The molecule has 2 aromatic carbocycles. The Morgan fingerprint density at radius 1 is 1.00 bits per heavy atom. The van der Waals surface area contributed by atoms with Crippen LogP contribution in [-0.4, -0.2) is 12.4 Å². The second-order valence-electron chi connectivity index (χ2n) is 3.99. The molecule has 0 aliphatic rings. The third-order valence-electron chi connectivity index (χ3n) is 2.61. The monoisotopic (exact) mass is 262 g/mol. The van der Waals surface area contributed by atoms with Crippen LogP contribution >= 0.6 is 0 Å². The zero-order valence-electron chi connectivity index (χ0n) is 10.1. The first-order valence-corrected chi connectivity index (χ1v) is 5.77. The molecule has 0 aliphatic heterocycles. The largest absolute Gasteiger partial charge is 0.435 e. The zero-order valence-corrected chi connectivity index (χ0v) is 10.1. The van der Waals surface area contributed by atoms with Crippen molar-refractivity contribution >= 4 is 5.78 Å². The number of ether oxygens (including phenoxy) is 1.